The first-order chi connectivity index (χ1) is 11.7. The van der Waals surface area contributed by atoms with Crippen LogP contribution in [-0.2, 0) is 5.41 Å². The number of hydrogen-bond acceptors (Lipinski definition) is 4. The summed E-state index contributed by atoms with van der Waals surface area (Å²) in [5, 5.41) is 29.4. The number of halogens is 1. The molecule has 0 aliphatic carbocycles. The Hall–Kier alpha value is -2.60. The zero-order valence-electron chi connectivity index (χ0n) is 14.1. The summed E-state index contributed by atoms with van der Waals surface area (Å²) in [4.78, 5) is 12.8. The number of aromatic nitrogens is 3. The summed E-state index contributed by atoms with van der Waals surface area (Å²) in [5.74, 6) is -1.10. The predicted octanol–water partition coefficient (Wildman–Crippen LogP) is 4.17. The Labute approximate surface area is 149 Å². The highest BCUT2D eigenvalue weighted by atomic mass is 35.5. The lowest BCUT2D eigenvalue weighted by atomic mass is 9.80. The van der Waals surface area contributed by atoms with Crippen LogP contribution in [0.15, 0.2) is 30.3 Å². The van der Waals surface area contributed by atoms with Gasteiger partial charge in [0.1, 0.15) is 22.5 Å². The third kappa shape index (κ3) is 3.05. The highest BCUT2D eigenvalue weighted by Crippen LogP contribution is 2.38. The first-order valence-corrected chi connectivity index (χ1v) is 8.24. The number of hydrogen-bond donors (Lipinski definition) is 2. The lowest BCUT2D eigenvalue weighted by Crippen LogP contribution is -2.18. The van der Waals surface area contributed by atoms with Gasteiger partial charge >= 0.3 is 5.97 Å². The number of carboxylic acid groups (broad SMARTS) is 1. The third-order valence-corrected chi connectivity index (χ3v) is 4.74. The molecule has 0 radical (unpaired) electrons. The molecule has 0 bridgehead atoms. The minimum absolute atomic E-state index is 0.0248. The highest BCUT2D eigenvalue weighted by molar-refractivity contribution is 6.31. The van der Waals surface area contributed by atoms with Crippen molar-refractivity contribution in [2.45, 2.75) is 32.6 Å². The molecule has 2 N–H and O–H groups in total. The minimum Gasteiger partial charge on any atom is -0.505 e. The van der Waals surface area contributed by atoms with Gasteiger partial charge in [-0.3, -0.25) is 0 Å². The number of aromatic carboxylic acids is 1. The summed E-state index contributed by atoms with van der Waals surface area (Å²) in [6.07, 6.45) is 0.729. The van der Waals surface area contributed by atoms with Crippen LogP contribution < -0.4 is 0 Å². The summed E-state index contributed by atoms with van der Waals surface area (Å²) >= 11 is 5.97. The van der Waals surface area contributed by atoms with Crippen molar-refractivity contribution < 1.29 is 15.0 Å². The molecule has 1 heterocycles. The van der Waals surface area contributed by atoms with Crippen LogP contribution in [0.2, 0.25) is 5.02 Å². The van der Waals surface area contributed by atoms with E-state index >= 15 is 0 Å². The van der Waals surface area contributed by atoms with Crippen molar-refractivity contribution in [3.05, 3.63) is 46.5 Å². The summed E-state index contributed by atoms with van der Waals surface area (Å²) < 4.78 is 0. The molecule has 3 aromatic rings. The average Bonchev–Trinajstić information content (AvgIpc) is 2.97. The Bertz CT molecular complexity index is 979. The molecular weight excluding hydrogens is 342 g/mol. The molecule has 1 aromatic heterocycles. The van der Waals surface area contributed by atoms with Gasteiger partial charge in [0, 0.05) is 10.6 Å². The van der Waals surface area contributed by atoms with Crippen LogP contribution in [0.5, 0.6) is 5.75 Å². The number of nitrogens with zero attached hydrogens (tertiary/aromatic N) is 3. The first kappa shape index (κ1) is 17.2. The number of fused-ring (bicyclic) bond motifs is 1. The molecule has 0 aliphatic heterocycles. The van der Waals surface area contributed by atoms with Crippen molar-refractivity contribution in [3.8, 4) is 11.4 Å². The van der Waals surface area contributed by atoms with E-state index in [9.17, 15) is 15.0 Å². The maximum atomic E-state index is 11.5. The van der Waals surface area contributed by atoms with Crippen LogP contribution in [-0.4, -0.2) is 31.2 Å². The second-order valence-electron chi connectivity index (χ2n) is 6.56. The van der Waals surface area contributed by atoms with E-state index < -0.39 is 11.4 Å². The van der Waals surface area contributed by atoms with E-state index in [1.165, 1.54) is 16.9 Å². The molecule has 3 rings (SSSR count). The quantitative estimate of drug-likeness (QED) is 0.730. The Balaban J connectivity index is 2.28. The fourth-order valence-electron chi connectivity index (χ4n) is 2.60. The minimum atomic E-state index is -1.07. The van der Waals surface area contributed by atoms with Gasteiger partial charge < -0.3 is 10.2 Å². The highest BCUT2D eigenvalue weighted by Gasteiger charge is 2.27. The van der Waals surface area contributed by atoms with Gasteiger partial charge in [0.15, 0.2) is 0 Å². The van der Waals surface area contributed by atoms with Crippen LogP contribution in [0.1, 0.15) is 43.1 Å². The molecule has 0 atom stereocenters. The molecular formula is C18H18ClN3O3. The Morgan fingerprint density at radius 3 is 2.52 bits per heavy atom. The number of rotatable bonds is 4. The lowest BCUT2D eigenvalue weighted by molar-refractivity contribution is 0.0696. The number of aromatic hydroxyl groups is 1. The van der Waals surface area contributed by atoms with Gasteiger partial charge in [0.25, 0.3) is 0 Å². The van der Waals surface area contributed by atoms with Gasteiger partial charge in [0.2, 0.25) is 0 Å². The zero-order valence-corrected chi connectivity index (χ0v) is 14.9. The van der Waals surface area contributed by atoms with Crippen LogP contribution in [0.25, 0.3) is 16.7 Å². The van der Waals surface area contributed by atoms with E-state index in [-0.39, 0.29) is 17.0 Å². The largest absolute Gasteiger partial charge is 0.505 e. The van der Waals surface area contributed by atoms with Gasteiger partial charge in [-0.15, -0.1) is 15.0 Å². The van der Waals surface area contributed by atoms with E-state index in [0.717, 1.165) is 6.42 Å². The smallest absolute Gasteiger partial charge is 0.335 e. The maximum absolute atomic E-state index is 11.5. The molecule has 0 unspecified atom stereocenters. The fourth-order valence-corrected chi connectivity index (χ4v) is 2.76. The van der Waals surface area contributed by atoms with Gasteiger partial charge in [0.05, 0.1) is 5.56 Å². The van der Waals surface area contributed by atoms with E-state index in [0.29, 0.717) is 21.6 Å². The Morgan fingerprint density at radius 2 is 1.88 bits per heavy atom. The van der Waals surface area contributed by atoms with Gasteiger partial charge in [-0.2, -0.15) is 0 Å². The van der Waals surface area contributed by atoms with E-state index in [2.05, 4.69) is 10.2 Å². The molecule has 0 saturated heterocycles. The van der Waals surface area contributed by atoms with Gasteiger partial charge in [-0.25, -0.2) is 4.79 Å². The Morgan fingerprint density at radius 1 is 1.20 bits per heavy atom. The molecule has 0 saturated carbocycles. The number of carbonyl (C=O) groups is 1. The van der Waals surface area contributed by atoms with Crippen LogP contribution >= 0.6 is 11.6 Å². The molecule has 0 amide bonds. The third-order valence-electron chi connectivity index (χ3n) is 4.51. The topological polar surface area (TPSA) is 88.2 Å². The summed E-state index contributed by atoms with van der Waals surface area (Å²) in [6.45, 7) is 5.88. The van der Waals surface area contributed by atoms with Crippen LogP contribution in [0, 0.1) is 0 Å². The molecule has 25 heavy (non-hydrogen) atoms. The number of phenols is 1. The van der Waals surface area contributed by atoms with E-state index in [4.69, 9.17) is 11.6 Å². The molecule has 0 spiro atoms. The van der Waals surface area contributed by atoms with Crippen LogP contribution in [0.3, 0.4) is 0 Å². The van der Waals surface area contributed by atoms with Crippen molar-refractivity contribution in [2.75, 3.05) is 0 Å². The second-order valence-corrected chi connectivity index (χ2v) is 6.99. The number of phenolic OH excluding ortho intramolecular Hbond substituents is 1. The van der Waals surface area contributed by atoms with E-state index in [1.807, 2.05) is 20.8 Å². The standard InChI is InChI=1S/C18H18ClN3O3/c1-4-18(2,3)12-7-10(17(24)25)8-15(16(12)23)22-20-13-6-5-11(19)9-14(13)21-22/h5-9,23H,4H2,1-3H3,(H,24,25). The van der Waals surface area contributed by atoms with Crippen molar-refractivity contribution >= 4 is 28.6 Å². The van der Waals surface area contributed by atoms with Crippen molar-refractivity contribution in [2.24, 2.45) is 0 Å². The molecule has 7 heteroatoms. The second kappa shape index (κ2) is 6.04. The lowest BCUT2D eigenvalue weighted by Gasteiger charge is -2.25. The van der Waals surface area contributed by atoms with Crippen molar-refractivity contribution in [1.29, 1.82) is 0 Å². The van der Waals surface area contributed by atoms with Gasteiger partial charge in [-0.1, -0.05) is 32.4 Å². The first-order valence-electron chi connectivity index (χ1n) is 7.86. The zero-order chi connectivity index (χ0) is 18.4. The van der Waals surface area contributed by atoms with E-state index in [1.54, 1.807) is 18.2 Å². The number of benzene rings is 2. The predicted molar refractivity (Wildman–Crippen MR) is 95.8 cm³/mol. The average molecular weight is 360 g/mol. The SMILES string of the molecule is CCC(C)(C)c1cc(C(=O)O)cc(-n2nc3ccc(Cl)cc3n2)c1O. The monoisotopic (exact) mass is 359 g/mol. The summed E-state index contributed by atoms with van der Waals surface area (Å²) in [6, 6.07) is 7.95. The molecule has 6 nitrogen and oxygen atoms in total. The summed E-state index contributed by atoms with van der Waals surface area (Å²) in [7, 11) is 0. The Kier molecular flexibility index (Phi) is 4.16. The van der Waals surface area contributed by atoms with Gasteiger partial charge in [-0.05, 0) is 42.2 Å². The van der Waals surface area contributed by atoms with Crippen molar-refractivity contribution in [3.63, 3.8) is 0 Å². The van der Waals surface area contributed by atoms with Crippen LogP contribution in [0.4, 0.5) is 0 Å². The summed E-state index contributed by atoms with van der Waals surface area (Å²) in [5.41, 5.74) is 1.60. The molecule has 130 valence electrons. The number of carboxylic acids is 1. The molecule has 0 fully saturated rings. The molecule has 2 aromatic carbocycles. The van der Waals surface area contributed by atoms with Crippen molar-refractivity contribution in [1.82, 2.24) is 15.0 Å². The maximum Gasteiger partial charge on any atom is 0.335 e. The fraction of sp³-hybridized carbons (Fsp3) is 0.278. The normalized spacial score (nSPS) is 11.8. The molecule has 0 aliphatic rings.